The standard InChI is InChI=1S/C18H21NOS/c1-14(2)12-17(16-6-4-3-5-7-16)19-18(20)9-8-15-10-11-21-13-15/h3-11,13-14,17H,12H2,1-2H3,(H,19,20)/b9-8+. The summed E-state index contributed by atoms with van der Waals surface area (Å²) in [5.74, 6) is 0.479. The van der Waals surface area contributed by atoms with Crippen molar-refractivity contribution in [1.29, 1.82) is 0 Å². The summed E-state index contributed by atoms with van der Waals surface area (Å²) in [6.45, 7) is 4.34. The van der Waals surface area contributed by atoms with Gasteiger partial charge in [-0.25, -0.2) is 0 Å². The van der Waals surface area contributed by atoms with Crippen LogP contribution in [0.4, 0.5) is 0 Å². The van der Waals surface area contributed by atoms with Gasteiger partial charge in [0.15, 0.2) is 0 Å². The van der Waals surface area contributed by atoms with E-state index in [0.717, 1.165) is 17.5 Å². The lowest BCUT2D eigenvalue weighted by atomic mass is 9.97. The average Bonchev–Trinajstić information content (AvgIpc) is 2.98. The monoisotopic (exact) mass is 299 g/mol. The second-order valence-electron chi connectivity index (χ2n) is 5.49. The van der Waals surface area contributed by atoms with Crippen molar-refractivity contribution in [1.82, 2.24) is 5.32 Å². The molecular formula is C18H21NOS. The molecule has 0 spiro atoms. The van der Waals surface area contributed by atoms with Gasteiger partial charge in [0.1, 0.15) is 0 Å². The molecule has 0 fully saturated rings. The predicted octanol–water partition coefficient (Wildman–Crippen LogP) is 4.66. The van der Waals surface area contributed by atoms with E-state index in [0.29, 0.717) is 5.92 Å². The summed E-state index contributed by atoms with van der Waals surface area (Å²) in [4.78, 5) is 12.1. The molecule has 0 radical (unpaired) electrons. The number of benzene rings is 1. The van der Waals surface area contributed by atoms with Crippen molar-refractivity contribution >= 4 is 23.3 Å². The number of carbonyl (C=O) groups excluding carboxylic acids is 1. The highest BCUT2D eigenvalue weighted by Gasteiger charge is 2.14. The van der Waals surface area contributed by atoms with E-state index in [9.17, 15) is 4.79 Å². The van der Waals surface area contributed by atoms with Crippen molar-refractivity contribution in [2.75, 3.05) is 0 Å². The number of thiophene rings is 1. The molecule has 0 aliphatic heterocycles. The highest BCUT2D eigenvalue weighted by molar-refractivity contribution is 7.08. The molecule has 1 amide bonds. The number of carbonyl (C=O) groups is 1. The van der Waals surface area contributed by atoms with Crippen LogP contribution in [0.2, 0.25) is 0 Å². The van der Waals surface area contributed by atoms with Crippen LogP contribution < -0.4 is 5.32 Å². The number of hydrogen-bond acceptors (Lipinski definition) is 2. The smallest absolute Gasteiger partial charge is 0.244 e. The highest BCUT2D eigenvalue weighted by atomic mass is 32.1. The Morgan fingerprint density at radius 3 is 2.62 bits per heavy atom. The van der Waals surface area contributed by atoms with E-state index in [-0.39, 0.29) is 11.9 Å². The van der Waals surface area contributed by atoms with E-state index in [4.69, 9.17) is 0 Å². The molecule has 1 atom stereocenters. The Labute approximate surface area is 130 Å². The molecule has 21 heavy (non-hydrogen) atoms. The average molecular weight is 299 g/mol. The Hall–Kier alpha value is -1.87. The normalized spacial score (nSPS) is 12.7. The molecular weight excluding hydrogens is 278 g/mol. The number of nitrogens with one attached hydrogen (secondary N) is 1. The van der Waals surface area contributed by atoms with E-state index in [2.05, 4.69) is 31.3 Å². The Morgan fingerprint density at radius 1 is 1.24 bits per heavy atom. The van der Waals surface area contributed by atoms with Crippen LogP contribution in [0, 0.1) is 5.92 Å². The third kappa shape index (κ3) is 5.20. The van der Waals surface area contributed by atoms with Crippen LogP contribution >= 0.6 is 11.3 Å². The first kappa shape index (κ1) is 15.5. The van der Waals surface area contributed by atoms with E-state index in [1.165, 1.54) is 0 Å². The van der Waals surface area contributed by atoms with Gasteiger partial charge in [0.2, 0.25) is 5.91 Å². The highest BCUT2D eigenvalue weighted by Crippen LogP contribution is 2.21. The Bertz CT molecular complexity index is 573. The molecule has 1 aromatic heterocycles. The van der Waals surface area contributed by atoms with Crippen LogP contribution in [0.5, 0.6) is 0 Å². The maximum atomic E-state index is 12.1. The van der Waals surface area contributed by atoms with E-state index in [1.807, 2.05) is 41.1 Å². The summed E-state index contributed by atoms with van der Waals surface area (Å²) >= 11 is 1.63. The SMILES string of the molecule is CC(C)CC(NC(=O)/C=C/c1ccsc1)c1ccccc1. The van der Waals surface area contributed by atoms with Gasteiger partial charge >= 0.3 is 0 Å². The molecule has 1 heterocycles. The van der Waals surface area contributed by atoms with Crippen LogP contribution in [0.1, 0.15) is 37.4 Å². The van der Waals surface area contributed by atoms with Crippen LogP contribution in [0.25, 0.3) is 6.08 Å². The van der Waals surface area contributed by atoms with Crippen LogP contribution in [0.3, 0.4) is 0 Å². The second kappa shape index (κ2) is 7.79. The van der Waals surface area contributed by atoms with Gasteiger partial charge in [-0.05, 0) is 46.4 Å². The molecule has 2 nitrogen and oxygen atoms in total. The lowest BCUT2D eigenvalue weighted by molar-refractivity contribution is -0.117. The minimum absolute atomic E-state index is 0.0456. The second-order valence-corrected chi connectivity index (χ2v) is 6.27. The molecule has 1 unspecified atom stereocenters. The first-order chi connectivity index (χ1) is 10.1. The molecule has 0 bridgehead atoms. The van der Waals surface area contributed by atoms with Crippen molar-refractivity contribution in [3.8, 4) is 0 Å². The fraction of sp³-hybridized carbons (Fsp3) is 0.278. The van der Waals surface area contributed by atoms with Crippen molar-refractivity contribution in [2.45, 2.75) is 26.3 Å². The van der Waals surface area contributed by atoms with Crippen LogP contribution in [-0.4, -0.2) is 5.91 Å². The molecule has 2 rings (SSSR count). The predicted molar refractivity (Wildman–Crippen MR) is 90.1 cm³/mol. The lowest BCUT2D eigenvalue weighted by Gasteiger charge is -2.20. The summed E-state index contributed by atoms with van der Waals surface area (Å²) in [7, 11) is 0. The van der Waals surface area contributed by atoms with Crippen molar-refractivity contribution in [3.05, 3.63) is 64.4 Å². The topological polar surface area (TPSA) is 29.1 Å². The Balaban J connectivity index is 2.03. The van der Waals surface area contributed by atoms with Gasteiger partial charge in [0, 0.05) is 6.08 Å². The van der Waals surface area contributed by atoms with E-state index in [1.54, 1.807) is 17.4 Å². The maximum absolute atomic E-state index is 12.1. The quantitative estimate of drug-likeness (QED) is 0.772. The van der Waals surface area contributed by atoms with Gasteiger partial charge in [0.05, 0.1) is 6.04 Å². The summed E-state index contributed by atoms with van der Waals surface area (Å²) < 4.78 is 0. The van der Waals surface area contributed by atoms with Gasteiger partial charge < -0.3 is 5.32 Å². The van der Waals surface area contributed by atoms with E-state index >= 15 is 0 Å². The van der Waals surface area contributed by atoms with Gasteiger partial charge in [0.25, 0.3) is 0 Å². The summed E-state index contributed by atoms with van der Waals surface area (Å²) in [5.41, 5.74) is 2.22. The molecule has 0 saturated heterocycles. The number of amides is 1. The molecule has 0 aliphatic rings. The summed E-state index contributed by atoms with van der Waals surface area (Å²) in [6.07, 6.45) is 4.39. The summed E-state index contributed by atoms with van der Waals surface area (Å²) in [5, 5.41) is 7.13. The van der Waals surface area contributed by atoms with Crippen LogP contribution in [0.15, 0.2) is 53.2 Å². The van der Waals surface area contributed by atoms with Gasteiger partial charge in [-0.3, -0.25) is 4.79 Å². The molecule has 1 N–H and O–H groups in total. The lowest BCUT2D eigenvalue weighted by Crippen LogP contribution is -2.27. The minimum atomic E-state index is -0.0456. The molecule has 0 aliphatic carbocycles. The molecule has 0 saturated carbocycles. The zero-order valence-electron chi connectivity index (χ0n) is 12.5. The van der Waals surface area contributed by atoms with Crippen molar-refractivity contribution in [3.63, 3.8) is 0 Å². The van der Waals surface area contributed by atoms with Gasteiger partial charge in [-0.2, -0.15) is 11.3 Å². The van der Waals surface area contributed by atoms with E-state index < -0.39 is 0 Å². The van der Waals surface area contributed by atoms with Gasteiger partial charge in [-0.15, -0.1) is 0 Å². The number of rotatable bonds is 6. The third-order valence-corrected chi connectivity index (χ3v) is 3.90. The first-order valence-corrected chi connectivity index (χ1v) is 8.15. The summed E-state index contributed by atoms with van der Waals surface area (Å²) in [6, 6.07) is 12.2. The van der Waals surface area contributed by atoms with Crippen LogP contribution in [-0.2, 0) is 4.79 Å². The fourth-order valence-corrected chi connectivity index (χ4v) is 2.83. The zero-order chi connectivity index (χ0) is 15.1. The molecule has 1 aromatic carbocycles. The van der Waals surface area contributed by atoms with Gasteiger partial charge in [-0.1, -0.05) is 44.2 Å². The maximum Gasteiger partial charge on any atom is 0.244 e. The Morgan fingerprint density at radius 2 is 2.00 bits per heavy atom. The minimum Gasteiger partial charge on any atom is -0.346 e. The fourth-order valence-electron chi connectivity index (χ4n) is 2.20. The molecule has 3 heteroatoms. The molecule has 110 valence electrons. The zero-order valence-corrected chi connectivity index (χ0v) is 13.3. The first-order valence-electron chi connectivity index (χ1n) is 7.21. The molecule has 2 aromatic rings. The third-order valence-electron chi connectivity index (χ3n) is 3.20. The Kier molecular flexibility index (Phi) is 5.76. The van der Waals surface area contributed by atoms with Crippen molar-refractivity contribution < 1.29 is 4.79 Å². The number of hydrogen-bond donors (Lipinski definition) is 1. The largest absolute Gasteiger partial charge is 0.346 e. The van der Waals surface area contributed by atoms with Crippen molar-refractivity contribution in [2.24, 2.45) is 5.92 Å².